The minimum Gasteiger partial charge on any atom is -0.507 e. The van der Waals surface area contributed by atoms with Crippen molar-refractivity contribution in [1.29, 1.82) is 0 Å². The SMILES string of the molecule is NCCc1ccc(O)c(/C=C/C(=O)O)c1. The van der Waals surface area contributed by atoms with Gasteiger partial charge in [-0.2, -0.15) is 0 Å². The molecule has 15 heavy (non-hydrogen) atoms. The number of hydrogen-bond acceptors (Lipinski definition) is 3. The highest BCUT2D eigenvalue weighted by atomic mass is 16.4. The Morgan fingerprint density at radius 3 is 2.80 bits per heavy atom. The van der Waals surface area contributed by atoms with E-state index in [4.69, 9.17) is 10.8 Å². The van der Waals surface area contributed by atoms with E-state index in [1.807, 2.05) is 0 Å². The Bertz CT molecular complexity index is 385. The molecule has 0 spiro atoms. The topological polar surface area (TPSA) is 83.5 Å². The Labute approximate surface area is 87.7 Å². The van der Waals surface area contributed by atoms with Crippen LogP contribution in [0.1, 0.15) is 11.1 Å². The van der Waals surface area contributed by atoms with Crippen molar-refractivity contribution in [3.8, 4) is 5.75 Å². The zero-order valence-corrected chi connectivity index (χ0v) is 8.18. The molecule has 0 aromatic heterocycles. The van der Waals surface area contributed by atoms with Gasteiger partial charge in [-0.1, -0.05) is 6.07 Å². The minimum absolute atomic E-state index is 0.0632. The second-order valence-corrected chi connectivity index (χ2v) is 3.10. The van der Waals surface area contributed by atoms with Gasteiger partial charge in [-0.05, 0) is 36.7 Å². The van der Waals surface area contributed by atoms with Crippen LogP contribution in [0.2, 0.25) is 0 Å². The number of aliphatic carboxylic acids is 1. The third kappa shape index (κ3) is 3.44. The molecule has 0 fully saturated rings. The summed E-state index contributed by atoms with van der Waals surface area (Å²) in [6.45, 7) is 0.521. The van der Waals surface area contributed by atoms with E-state index in [0.29, 0.717) is 18.5 Å². The molecule has 0 saturated carbocycles. The van der Waals surface area contributed by atoms with Gasteiger partial charge in [0.2, 0.25) is 0 Å². The van der Waals surface area contributed by atoms with Crippen LogP contribution < -0.4 is 5.73 Å². The number of phenolic OH excluding ortho intramolecular Hbond substituents is 1. The van der Waals surface area contributed by atoms with Crippen molar-refractivity contribution in [2.75, 3.05) is 6.54 Å². The van der Waals surface area contributed by atoms with Gasteiger partial charge in [-0.25, -0.2) is 4.79 Å². The number of phenols is 1. The molecule has 0 aliphatic heterocycles. The number of carboxylic acid groups (broad SMARTS) is 1. The van der Waals surface area contributed by atoms with E-state index in [1.165, 1.54) is 12.1 Å². The highest BCUT2D eigenvalue weighted by molar-refractivity contribution is 5.85. The Balaban J connectivity index is 2.94. The summed E-state index contributed by atoms with van der Waals surface area (Å²) >= 11 is 0. The van der Waals surface area contributed by atoms with Gasteiger partial charge < -0.3 is 15.9 Å². The lowest BCUT2D eigenvalue weighted by atomic mass is 10.1. The van der Waals surface area contributed by atoms with Crippen molar-refractivity contribution in [2.45, 2.75) is 6.42 Å². The molecule has 0 radical (unpaired) electrons. The second kappa shape index (κ2) is 5.17. The lowest BCUT2D eigenvalue weighted by Crippen LogP contribution is -2.02. The molecule has 1 aromatic carbocycles. The number of nitrogens with two attached hydrogens (primary N) is 1. The van der Waals surface area contributed by atoms with E-state index in [1.54, 1.807) is 12.1 Å². The zero-order chi connectivity index (χ0) is 11.3. The molecule has 0 aliphatic rings. The molecule has 4 heteroatoms. The maximum absolute atomic E-state index is 10.3. The fourth-order valence-electron chi connectivity index (χ4n) is 1.22. The monoisotopic (exact) mass is 207 g/mol. The molecule has 0 heterocycles. The van der Waals surface area contributed by atoms with Gasteiger partial charge in [-0.3, -0.25) is 0 Å². The molecule has 4 N–H and O–H groups in total. The van der Waals surface area contributed by atoms with Crippen LogP contribution in [0.15, 0.2) is 24.3 Å². The number of carbonyl (C=O) groups is 1. The number of aromatic hydroxyl groups is 1. The van der Waals surface area contributed by atoms with Crippen LogP contribution >= 0.6 is 0 Å². The Kier molecular flexibility index (Phi) is 3.88. The summed E-state index contributed by atoms with van der Waals surface area (Å²) in [5.74, 6) is -0.980. The molecular weight excluding hydrogens is 194 g/mol. The van der Waals surface area contributed by atoms with E-state index in [2.05, 4.69) is 0 Å². The minimum atomic E-state index is -1.04. The molecule has 1 rings (SSSR count). The average Bonchev–Trinajstić information content (AvgIpc) is 2.19. The summed E-state index contributed by atoms with van der Waals surface area (Å²) in [7, 11) is 0. The van der Waals surface area contributed by atoms with Crippen LogP contribution in [0, 0.1) is 0 Å². The van der Waals surface area contributed by atoms with E-state index < -0.39 is 5.97 Å². The first-order valence-electron chi connectivity index (χ1n) is 4.56. The molecule has 1 aromatic rings. The van der Waals surface area contributed by atoms with Gasteiger partial charge in [0, 0.05) is 11.6 Å². The van der Waals surface area contributed by atoms with Crippen LogP contribution in [0.5, 0.6) is 5.75 Å². The maximum Gasteiger partial charge on any atom is 0.328 e. The van der Waals surface area contributed by atoms with Gasteiger partial charge >= 0.3 is 5.97 Å². The standard InChI is InChI=1S/C11H13NO3/c12-6-5-8-1-3-10(13)9(7-8)2-4-11(14)15/h1-4,7,13H,5-6,12H2,(H,14,15)/b4-2+. The predicted octanol–water partition coefficient (Wildman–Crippen LogP) is 0.991. The molecule has 0 aliphatic carbocycles. The van der Waals surface area contributed by atoms with Gasteiger partial charge in [0.25, 0.3) is 0 Å². The van der Waals surface area contributed by atoms with Crippen LogP contribution in [-0.4, -0.2) is 22.7 Å². The first kappa shape index (κ1) is 11.3. The Hall–Kier alpha value is -1.81. The molecular formula is C11H13NO3. The summed E-state index contributed by atoms with van der Waals surface area (Å²) in [5.41, 5.74) is 6.86. The fourth-order valence-corrected chi connectivity index (χ4v) is 1.22. The second-order valence-electron chi connectivity index (χ2n) is 3.10. The third-order valence-corrected chi connectivity index (χ3v) is 1.93. The summed E-state index contributed by atoms with van der Waals surface area (Å²) in [6.07, 6.45) is 3.05. The summed E-state index contributed by atoms with van der Waals surface area (Å²) < 4.78 is 0. The van der Waals surface area contributed by atoms with Crippen molar-refractivity contribution >= 4 is 12.0 Å². The van der Waals surface area contributed by atoms with Crippen molar-refractivity contribution in [2.24, 2.45) is 5.73 Å². The van der Waals surface area contributed by atoms with Crippen molar-refractivity contribution in [1.82, 2.24) is 0 Å². The van der Waals surface area contributed by atoms with Gasteiger partial charge in [-0.15, -0.1) is 0 Å². The van der Waals surface area contributed by atoms with Crippen molar-refractivity contribution in [3.05, 3.63) is 35.4 Å². The van der Waals surface area contributed by atoms with E-state index in [-0.39, 0.29) is 5.75 Å². The predicted molar refractivity (Wildman–Crippen MR) is 57.5 cm³/mol. The highest BCUT2D eigenvalue weighted by Crippen LogP contribution is 2.20. The lowest BCUT2D eigenvalue weighted by molar-refractivity contribution is -0.131. The van der Waals surface area contributed by atoms with Crippen molar-refractivity contribution in [3.63, 3.8) is 0 Å². The van der Waals surface area contributed by atoms with Crippen LogP contribution in [0.3, 0.4) is 0 Å². The maximum atomic E-state index is 10.3. The molecule has 0 atom stereocenters. The molecule has 0 bridgehead atoms. The van der Waals surface area contributed by atoms with Gasteiger partial charge in [0.1, 0.15) is 5.75 Å². The number of hydrogen-bond donors (Lipinski definition) is 3. The largest absolute Gasteiger partial charge is 0.507 e. The molecule has 80 valence electrons. The van der Waals surface area contributed by atoms with Crippen LogP contribution in [-0.2, 0) is 11.2 Å². The fraction of sp³-hybridized carbons (Fsp3) is 0.182. The van der Waals surface area contributed by atoms with E-state index >= 15 is 0 Å². The zero-order valence-electron chi connectivity index (χ0n) is 8.18. The highest BCUT2D eigenvalue weighted by Gasteiger charge is 2.00. The molecule has 0 unspecified atom stereocenters. The van der Waals surface area contributed by atoms with Gasteiger partial charge in [0.15, 0.2) is 0 Å². The van der Waals surface area contributed by atoms with Crippen molar-refractivity contribution < 1.29 is 15.0 Å². The summed E-state index contributed by atoms with van der Waals surface area (Å²) in [4.78, 5) is 10.3. The Morgan fingerprint density at radius 1 is 1.47 bits per heavy atom. The Morgan fingerprint density at radius 2 is 2.20 bits per heavy atom. The normalized spacial score (nSPS) is 10.7. The number of carboxylic acids is 1. The van der Waals surface area contributed by atoms with E-state index in [9.17, 15) is 9.90 Å². The molecule has 4 nitrogen and oxygen atoms in total. The van der Waals surface area contributed by atoms with Crippen LogP contribution in [0.4, 0.5) is 0 Å². The number of rotatable bonds is 4. The first-order valence-corrected chi connectivity index (χ1v) is 4.56. The third-order valence-electron chi connectivity index (χ3n) is 1.93. The lowest BCUT2D eigenvalue weighted by Gasteiger charge is -2.02. The molecule has 0 amide bonds. The quantitative estimate of drug-likeness (QED) is 0.643. The average molecular weight is 207 g/mol. The van der Waals surface area contributed by atoms with Crippen LogP contribution in [0.25, 0.3) is 6.08 Å². The first-order chi connectivity index (χ1) is 7.13. The molecule has 0 saturated heterocycles. The van der Waals surface area contributed by atoms with E-state index in [0.717, 1.165) is 11.6 Å². The van der Waals surface area contributed by atoms with Gasteiger partial charge in [0.05, 0.1) is 0 Å². The summed E-state index contributed by atoms with van der Waals surface area (Å²) in [6, 6.07) is 5.02. The smallest absolute Gasteiger partial charge is 0.328 e. The summed E-state index contributed by atoms with van der Waals surface area (Å²) in [5, 5.41) is 17.9. The number of benzene rings is 1.